The molecule has 8 heteroatoms. The number of benzene rings is 3. The fourth-order valence-electron chi connectivity index (χ4n) is 4.35. The van der Waals surface area contributed by atoms with E-state index in [1.54, 1.807) is 0 Å². The van der Waals surface area contributed by atoms with E-state index in [-0.39, 0.29) is 5.25 Å². The smallest absolute Gasteiger partial charge is 0.205 e. The van der Waals surface area contributed by atoms with Crippen LogP contribution in [-0.2, 0) is 39.9 Å². The van der Waals surface area contributed by atoms with Gasteiger partial charge in [-0.05, 0) is 66.1 Å². The Morgan fingerprint density at radius 3 is 2.60 bits per heavy atom. The first kappa shape index (κ1) is 30.2. The molecule has 0 amide bonds. The Kier molecular flexibility index (Phi) is 10.8. The summed E-state index contributed by atoms with van der Waals surface area (Å²) in [7, 11) is -1.00. The molecule has 1 aliphatic heterocycles. The zero-order valence-corrected chi connectivity index (χ0v) is 24.7. The number of aliphatic hydroxyl groups excluding tert-OH is 1. The van der Waals surface area contributed by atoms with Gasteiger partial charge in [-0.15, -0.1) is 0 Å². The number of ether oxygens (including phenoxy) is 4. The number of nitrogens with one attached hydrogen (secondary N) is 1. The Hall–Kier alpha value is -2.75. The van der Waals surface area contributed by atoms with E-state index in [9.17, 15) is 9.32 Å². The molecule has 2 atom stereocenters. The number of hydrogen-bond donors (Lipinski definition) is 2. The molecule has 1 heterocycles. The van der Waals surface area contributed by atoms with Crippen LogP contribution in [0.1, 0.15) is 56.1 Å². The van der Waals surface area contributed by atoms with E-state index in [1.165, 1.54) is 5.56 Å². The van der Waals surface area contributed by atoms with Crippen molar-refractivity contribution in [3.63, 3.8) is 0 Å². The fraction of sp³-hybridized carbons (Fsp3) is 0.438. The highest BCUT2D eigenvalue weighted by Crippen LogP contribution is 2.32. The third-order valence-corrected chi connectivity index (χ3v) is 8.15. The number of rotatable bonds is 14. The van der Waals surface area contributed by atoms with Crippen LogP contribution in [0.5, 0.6) is 11.5 Å². The molecule has 1 aliphatic rings. The second-order valence-electron chi connectivity index (χ2n) is 10.7. The Morgan fingerprint density at radius 1 is 1.02 bits per heavy atom. The summed E-state index contributed by atoms with van der Waals surface area (Å²) >= 11 is 0. The fourth-order valence-corrected chi connectivity index (χ4v) is 5.37. The molecule has 0 bridgehead atoms. The minimum absolute atomic E-state index is 0.0886. The lowest BCUT2D eigenvalue weighted by atomic mass is 10.0. The number of fused-ring (bicyclic) bond motifs is 1. The van der Waals surface area contributed by atoms with Crippen molar-refractivity contribution in [3.05, 3.63) is 89.0 Å². The Bertz CT molecular complexity index is 1260. The summed E-state index contributed by atoms with van der Waals surface area (Å²) in [5, 5.41) is 14.0. The molecule has 40 heavy (non-hydrogen) atoms. The predicted octanol–water partition coefficient (Wildman–Crippen LogP) is 5.31. The highest BCUT2D eigenvalue weighted by atomic mass is 32.2. The van der Waals surface area contributed by atoms with Gasteiger partial charge in [0.1, 0.15) is 18.1 Å². The summed E-state index contributed by atoms with van der Waals surface area (Å²) in [5.74, 6) is 0.982. The van der Waals surface area contributed by atoms with Crippen molar-refractivity contribution in [3.8, 4) is 11.5 Å². The van der Waals surface area contributed by atoms with Gasteiger partial charge in [-0.25, -0.2) is 0 Å². The maximum absolute atomic E-state index is 12.3. The van der Waals surface area contributed by atoms with E-state index in [0.717, 1.165) is 46.1 Å². The van der Waals surface area contributed by atoms with Crippen LogP contribution in [0.2, 0.25) is 0 Å². The van der Waals surface area contributed by atoms with Gasteiger partial charge in [0, 0.05) is 36.1 Å². The van der Waals surface area contributed by atoms with E-state index < -0.39 is 22.7 Å². The quantitative estimate of drug-likeness (QED) is 0.255. The summed E-state index contributed by atoms with van der Waals surface area (Å²) in [4.78, 5) is 0.837. The van der Waals surface area contributed by atoms with Gasteiger partial charge in [0.05, 0.1) is 36.7 Å². The molecule has 0 aliphatic carbocycles. The first-order chi connectivity index (χ1) is 19.2. The van der Waals surface area contributed by atoms with Gasteiger partial charge < -0.3 is 29.4 Å². The Morgan fingerprint density at radius 2 is 1.82 bits per heavy atom. The third-order valence-electron chi connectivity index (χ3n) is 6.58. The van der Waals surface area contributed by atoms with Crippen molar-refractivity contribution >= 4 is 10.8 Å². The van der Waals surface area contributed by atoms with Crippen molar-refractivity contribution in [2.75, 3.05) is 26.3 Å². The summed E-state index contributed by atoms with van der Waals surface area (Å²) in [6.45, 7) is 10.8. The maximum Gasteiger partial charge on any atom is 0.205 e. The first-order valence-electron chi connectivity index (χ1n) is 13.8. The molecule has 3 aromatic rings. The second-order valence-corrected chi connectivity index (χ2v) is 12.7. The van der Waals surface area contributed by atoms with Crippen LogP contribution in [0, 0.1) is 0 Å². The summed E-state index contributed by atoms with van der Waals surface area (Å²) < 4.78 is 35.4. The first-order valence-corrected chi connectivity index (χ1v) is 15.0. The second kappa shape index (κ2) is 14.2. The molecule has 0 saturated carbocycles. The lowest BCUT2D eigenvalue weighted by Gasteiger charge is -2.33. The molecule has 7 nitrogen and oxygen atoms in total. The van der Waals surface area contributed by atoms with Gasteiger partial charge in [-0.3, -0.25) is 4.21 Å². The topological polar surface area (TPSA) is 86.3 Å². The predicted molar refractivity (Wildman–Crippen MR) is 157 cm³/mol. The summed E-state index contributed by atoms with van der Waals surface area (Å²) in [6, 6.07) is 21.6. The average Bonchev–Trinajstić information content (AvgIpc) is 2.94. The molecule has 0 saturated heterocycles. The molecule has 1 unspecified atom stereocenters. The normalized spacial score (nSPS) is 15.8. The molecule has 2 N–H and O–H groups in total. The molecule has 0 fully saturated rings. The zero-order chi connectivity index (χ0) is 28.5. The highest BCUT2D eigenvalue weighted by Gasteiger charge is 2.27. The van der Waals surface area contributed by atoms with Crippen molar-refractivity contribution in [2.45, 2.75) is 69.4 Å². The minimum Gasteiger partial charge on any atom is -0.491 e. The van der Waals surface area contributed by atoms with Crippen LogP contribution in [0.25, 0.3) is 0 Å². The lowest BCUT2D eigenvalue weighted by Crippen LogP contribution is -2.35. The molecular formula is C32H41NO6S. The Balaban J connectivity index is 1.11. The average molecular weight is 568 g/mol. The third kappa shape index (κ3) is 8.88. The highest BCUT2D eigenvalue weighted by molar-refractivity contribution is 7.85. The van der Waals surface area contributed by atoms with Crippen LogP contribution in [0.15, 0.2) is 71.6 Å². The van der Waals surface area contributed by atoms with Crippen molar-refractivity contribution in [2.24, 2.45) is 0 Å². The van der Waals surface area contributed by atoms with Gasteiger partial charge in [0.15, 0.2) is 0 Å². The molecule has 0 radical (unpaired) electrons. The van der Waals surface area contributed by atoms with Crippen molar-refractivity contribution in [1.82, 2.24) is 5.32 Å². The Labute approximate surface area is 240 Å². The van der Waals surface area contributed by atoms with Gasteiger partial charge in [-0.1, -0.05) is 44.2 Å². The monoisotopic (exact) mass is 567 g/mol. The van der Waals surface area contributed by atoms with E-state index in [2.05, 4.69) is 17.4 Å². The molecule has 4 rings (SSSR count). The van der Waals surface area contributed by atoms with Crippen molar-refractivity contribution in [1.29, 1.82) is 0 Å². The number of aliphatic hydroxyl groups is 1. The van der Waals surface area contributed by atoms with Crippen LogP contribution in [-0.4, -0.2) is 46.7 Å². The van der Waals surface area contributed by atoms with E-state index in [0.29, 0.717) is 33.0 Å². The van der Waals surface area contributed by atoms with Gasteiger partial charge in [-0.2, -0.15) is 0 Å². The molecule has 0 aromatic heterocycles. The van der Waals surface area contributed by atoms with Crippen LogP contribution in [0.4, 0.5) is 0 Å². The van der Waals surface area contributed by atoms with E-state index >= 15 is 0 Å². The minimum atomic E-state index is -1.00. The van der Waals surface area contributed by atoms with Crippen molar-refractivity contribution < 1.29 is 28.3 Å². The SMILES string of the molecule is CC(C)S(=O)c1cccc(COCCOc2ccc(CCNC[C@H](O)c3ccc4c(c3)COC(C)(C)O4)cc2)c1. The van der Waals surface area contributed by atoms with Crippen LogP contribution < -0.4 is 14.8 Å². The summed E-state index contributed by atoms with van der Waals surface area (Å²) in [6.07, 6.45) is 0.240. The molecule has 3 aromatic carbocycles. The van der Waals surface area contributed by atoms with Crippen LogP contribution >= 0.6 is 0 Å². The van der Waals surface area contributed by atoms with E-state index in [4.69, 9.17) is 18.9 Å². The molecule has 216 valence electrons. The standard InChI is InChI=1S/C32H41NO6S/c1-23(2)40(35)29-7-5-6-25(18-29)21-36-16-17-37-28-11-8-24(9-12-28)14-15-33-20-30(34)26-10-13-31-27(19-26)22-38-32(3,4)39-31/h5-13,18-19,23,30,33-34H,14-17,20-22H2,1-4H3/t30-,40?/m0/s1. The molecule has 0 spiro atoms. The van der Waals surface area contributed by atoms with Gasteiger partial charge in [0.2, 0.25) is 5.79 Å². The van der Waals surface area contributed by atoms with E-state index in [1.807, 2.05) is 82.3 Å². The molecular weight excluding hydrogens is 526 g/mol. The largest absolute Gasteiger partial charge is 0.491 e. The lowest BCUT2D eigenvalue weighted by molar-refractivity contribution is -0.180. The number of hydrogen-bond acceptors (Lipinski definition) is 7. The zero-order valence-electron chi connectivity index (χ0n) is 23.9. The van der Waals surface area contributed by atoms with Crippen LogP contribution in [0.3, 0.4) is 0 Å². The maximum atomic E-state index is 12.3. The van der Waals surface area contributed by atoms with Gasteiger partial charge >= 0.3 is 0 Å². The van der Waals surface area contributed by atoms with Gasteiger partial charge in [0.25, 0.3) is 0 Å². The summed E-state index contributed by atoms with van der Waals surface area (Å²) in [5.41, 5.74) is 4.00.